The average molecular weight is 250 g/mol. The lowest BCUT2D eigenvalue weighted by Gasteiger charge is -2.39. The Morgan fingerprint density at radius 1 is 1.00 bits per heavy atom. The third-order valence-corrected chi connectivity index (χ3v) is 6.07. The molecule has 6 atom stereocenters. The molecule has 0 aromatic rings. The van der Waals surface area contributed by atoms with Crippen LogP contribution in [-0.2, 0) is 0 Å². The summed E-state index contributed by atoms with van der Waals surface area (Å²) in [5.41, 5.74) is 6.35. The van der Waals surface area contributed by atoms with Gasteiger partial charge in [0.2, 0.25) is 0 Å². The first-order chi connectivity index (χ1) is 8.65. The van der Waals surface area contributed by atoms with Crippen molar-refractivity contribution >= 4 is 0 Å². The van der Waals surface area contributed by atoms with E-state index in [1.165, 1.54) is 51.6 Å². The lowest BCUT2D eigenvalue weighted by Crippen LogP contribution is -2.43. The van der Waals surface area contributed by atoms with Gasteiger partial charge < -0.3 is 5.73 Å². The van der Waals surface area contributed by atoms with Crippen LogP contribution in [0, 0.1) is 23.7 Å². The number of hydrogen-bond acceptors (Lipinski definition) is 2. The van der Waals surface area contributed by atoms with Crippen LogP contribution in [0.5, 0.6) is 0 Å². The zero-order valence-electron chi connectivity index (χ0n) is 12.1. The third kappa shape index (κ3) is 2.34. The SMILES string of the molecule is CC1CCC(C)C(N2CC3CCCC(N)C3C2)C1. The summed E-state index contributed by atoms with van der Waals surface area (Å²) in [6.45, 7) is 7.56. The number of rotatable bonds is 1. The van der Waals surface area contributed by atoms with Crippen LogP contribution in [0.25, 0.3) is 0 Å². The first-order valence-electron chi connectivity index (χ1n) is 8.14. The van der Waals surface area contributed by atoms with Crippen molar-refractivity contribution < 1.29 is 0 Å². The second-order valence-electron chi connectivity index (χ2n) is 7.44. The van der Waals surface area contributed by atoms with Gasteiger partial charge in [0.1, 0.15) is 0 Å². The Labute approximate surface area is 112 Å². The van der Waals surface area contributed by atoms with E-state index in [0.29, 0.717) is 6.04 Å². The maximum Gasteiger partial charge on any atom is 0.0124 e. The van der Waals surface area contributed by atoms with E-state index in [1.54, 1.807) is 0 Å². The Hall–Kier alpha value is -0.0800. The van der Waals surface area contributed by atoms with E-state index in [4.69, 9.17) is 5.73 Å². The second kappa shape index (κ2) is 5.13. The molecule has 104 valence electrons. The summed E-state index contributed by atoms with van der Waals surface area (Å²) in [6.07, 6.45) is 8.38. The standard InChI is InChI=1S/C16H30N2/c1-11-6-7-12(2)16(8-11)18-9-13-4-3-5-15(17)14(13)10-18/h11-16H,3-10,17H2,1-2H3. The number of nitrogens with zero attached hydrogens (tertiary/aromatic N) is 1. The minimum Gasteiger partial charge on any atom is -0.327 e. The molecular weight excluding hydrogens is 220 g/mol. The number of likely N-dealkylation sites (tertiary alicyclic amines) is 1. The van der Waals surface area contributed by atoms with Gasteiger partial charge in [-0.05, 0) is 49.4 Å². The van der Waals surface area contributed by atoms with Crippen LogP contribution in [0.3, 0.4) is 0 Å². The minimum atomic E-state index is 0.491. The normalized spacial score (nSPS) is 50.2. The molecule has 6 unspecified atom stereocenters. The van der Waals surface area contributed by atoms with E-state index < -0.39 is 0 Å². The zero-order valence-corrected chi connectivity index (χ0v) is 12.1. The summed E-state index contributed by atoms with van der Waals surface area (Å²) < 4.78 is 0. The molecule has 18 heavy (non-hydrogen) atoms. The van der Waals surface area contributed by atoms with E-state index in [9.17, 15) is 0 Å². The van der Waals surface area contributed by atoms with E-state index in [-0.39, 0.29) is 0 Å². The first-order valence-corrected chi connectivity index (χ1v) is 8.14. The summed E-state index contributed by atoms with van der Waals surface area (Å²) in [5.74, 6) is 3.56. The highest BCUT2D eigenvalue weighted by molar-refractivity contribution is 4.97. The molecule has 1 aliphatic heterocycles. The molecule has 2 saturated carbocycles. The number of fused-ring (bicyclic) bond motifs is 1. The van der Waals surface area contributed by atoms with Crippen LogP contribution in [0.2, 0.25) is 0 Å². The smallest absolute Gasteiger partial charge is 0.0124 e. The molecule has 0 aromatic carbocycles. The van der Waals surface area contributed by atoms with Gasteiger partial charge in [0.25, 0.3) is 0 Å². The molecular formula is C16H30N2. The fourth-order valence-electron chi connectivity index (χ4n) is 4.83. The van der Waals surface area contributed by atoms with E-state index >= 15 is 0 Å². The molecule has 3 fully saturated rings. The molecule has 2 aliphatic carbocycles. The summed E-state index contributed by atoms with van der Waals surface area (Å²) >= 11 is 0. The zero-order chi connectivity index (χ0) is 12.7. The van der Waals surface area contributed by atoms with Gasteiger partial charge in [-0.25, -0.2) is 0 Å². The highest BCUT2D eigenvalue weighted by Crippen LogP contribution is 2.40. The molecule has 1 saturated heterocycles. The highest BCUT2D eigenvalue weighted by atomic mass is 15.2. The van der Waals surface area contributed by atoms with E-state index in [1.807, 2.05) is 0 Å². The lowest BCUT2D eigenvalue weighted by molar-refractivity contribution is 0.107. The van der Waals surface area contributed by atoms with Crippen LogP contribution in [-0.4, -0.2) is 30.1 Å². The molecule has 0 bridgehead atoms. The third-order valence-electron chi connectivity index (χ3n) is 6.07. The Kier molecular flexibility index (Phi) is 3.68. The maximum atomic E-state index is 6.35. The van der Waals surface area contributed by atoms with Gasteiger partial charge in [0.05, 0.1) is 0 Å². The predicted molar refractivity (Wildman–Crippen MR) is 76.3 cm³/mol. The van der Waals surface area contributed by atoms with Crippen LogP contribution in [0.1, 0.15) is 52.4 Å². The molecule has 1 heterocycles. The van der Waals surface area contributed by atoms with Crippen molar-refractivity contribution in [1.29, 1.82) is 0 Å². The Balaban J connectivity index is 1.66. The molecule has 0 spiro atoms. The molecule has 0 aromatic heterocycles. The van der Waals surface area contributed by atoms with Crippen molar-refractivity contribution in [2.24, 2.45) is 29.4 Å². The van der Waals surface area contributed by atoms with Gasteiger partial charge in [-0.15, -0.1) is 0 Å². The molecule has 2 nitrogen and oxygen atoms in total. The van der Waals surface area contributed by atoms with E-state index in [2.05, 4.69) is 18.7 Å². The Bertz CT molecular complexity index is 291. The number of nitrogens with two attached hydrogens (primary N) is 1. The summed E-state index contributed by atoms with van der Waals surface area (Å²) in [6, 6.07) is 1.34. The second-order valence-corrected chi connectivity index (χ2v) is 7.44. The molecule has 3 aliphatic rings. The molecule has 0 amide bonds. The Morgan fingerprint density at radius 3 is 2.61 bits per heavy atom. The van der Waals surface area contributed by atoms with Gasteiger partial charge in [0.15, 0.2) is 0 Å². The molecule has 0 radical (unpaired) electrons. The molecule has 2 N–H and O–H groups in total. The van der Waals surface area contributed by atoms with Crippen molar-refractivity contribution in [3.63, 3.8) is 0 Å². The quantitative estimate of drug-likeness (QED) is 0.775. The lowest BCUT2D eigenvalue weighted by atomic mass is 9.78. The van der Waals surface area contributed by atoms with Crippen molar-refractivity contribution in [2.75, 3.05) is 13.1 Å². The van der Waals surface area contributed by atoms with Gasteiger partial charge >= 0.3 is 0 Å². The van der Waals surface area contributed by atoms with Gasteiger partial charge in [-0.1, -0.05) is 26.7 Å². The largest absolute Gasteiger partial charge is 0.327 e. The first kappa shape index (κ1) is 12.9. The molecule has 3 rings (SSSR count). The van der Waals surface area contributed by atoms with Gasteiger partial charge in [0, 0.05) is 25.2 Å². The maximum absolute atomic E-state index is 6.35. The van der Waals surface area contributed by atoms with Crippen LogP contribution in [0.15, 0.2) is 0 Å². The van der Waals surface area contributed by atoms with E-state index in [0.717, 1.165) is 29.7 Å². The summed E-state index contributed by atoms with van der Waals surface area (Å²) in [5, 5.41) is 0. The number of hydrogen-bond donors (Lipinski definition) is 1. The van der Waals surface area contributed by atoms with Crippen LogP contribution < -0.4 is 5.73 Å². The van der Waals surface area contributed by atoms with Crippen molar-refractivity contribution in [2.45, 2.75) is 64.5 Å². The van der Waals surface area contributed by atoms with Crippen LogP contribution >= 0.6 is 0 Å². The van der Waals surface area contributed by atoms with Crippen molar-refractivity contribution in [1.82, 2.24) is 4.90 Å². The topological polar surface area (TPSA) is 29.3 Å². The molecule has 2 heteroatoms. The summed E-state index contributed by atoms with van der Waals surface area (Å²) in [7, 11) is 0. The highest BCUT2D eigenvalue weighted by Gasteiger charge is 2.42. The Morgan fingerprint density at radius 2 is 1.83 bits per heavy atom. The fourth-order valence-corrected chi connectivity index (χ4v) is 4.83. The van der Waals surface area contributed by atoms with Gasteiger partial charge in [-0.2, -0.15) is 0 Å². The van der Waals surface area contributed by atoms with Crippen molar-refractivity contribution in [3.05, 3.63) is 0 Å². The predicted octanol–water partition coefficient (Wildman–Crippen LogP) is 2.87. The summed E-state index contributed by atoms with van der Waals surface area (Å²) in [4.78, 5) is 2.82. The van der Waals surface area contributed by atoms with Crippen LogP contribution in [0.4, 0.5) is 0 Å². The average Bonchev–Trinajstić information content (AvgIpc) is 2.77. The minimum absolute atomic E-state index is 0.491. The van der Waals surface area contributed by atoms with Crippen molar-refractivity contribution in [3.8, 4) is 0 Å². The monoisotopic (exact) mass is 250 g/mol. The fraction of sp³-hybridized carbons (Fsp3) is 1.00. The van der Waals surface area contributed by atoms with Gasteiger partial charge in [-0.3, -0.25) is 4.90 Å².